The Bertz CT molecular complexity index is 657. The molecule has 1 aromatic carbocycles. The molecular weight excluding hydrogens is 348 g/mol. The standard InChI is InChI=1S/C17H23F2N3O2S/c1-13(25-8-4-2-3-7-23)17(24,10-22-12-20-11-21-22)15-6-5-14(18)9-16(15)19/h5-6,9,11-13,23-24H,2-4,7-8,10H2,1H3/t13-,17-/m1/s1. The SMILES string of the molecule is C[C@@H](SCCCCCO)[C@](O)(Cn1cncn1)c1ccc(F)cc1F. The second-order valence-electron chi connectivity index (χ2n) is 5.94. The average Bonchev–Trinajstić information content (AvgIpc) is 3.07. The summed E-state index contributed by atoms with van der Waals surface area (Å²) < 4.78 is 29.0. The van der Waals surface area contributed by atoms with Crippen LogP contribution in [0.15, 0.2) is 30.9 Å². The summed E-state index contributed by atoms with van der Waals surface area (Å²) in [5, 5.41) is 23.7. The van der Waals surface area contributed by atoms with E-state index in [4.69, 9.17) is 5.11 Å². The van der Waals surface area contributed by atoms with Gasteiger partial charge in [-0.25, -0.2) is 18.4 Å². The van der Waals surface area contributed by atoms with Crippen molar-refractivity contribution in [2.24, 2.45) is 0 Å². The fourth-order valence-electron chi connectivity index (χ4n) is 2.62. The van der Waals surface area contributed by atoms with Crippen molar-refractivity contribution in [2.75, 3.05) is 12.4 Å². The molecule has 0 unspecified atom stereocenters. The predicted molar refractivity (Wildman–Crippen MR) is 93.1 cm³/mol. The van der Waals surface area contributed by atoms with E-state index in [1.165, 1.54) is 35.2 Å². The molecule has 0 spiro atoms. The van der Waals surface area contributed by atoms with Gasteiger partial charge >= 0.3 is 0 Å². The molecule has 0 fully saturated rings. The van der Waals surface area contributed by atoms with Gasteiger partial charge in [-0.1, -0.05) is 19.4 Å². The fraction of sp³-hybridized carbons (Fsp3) is 0.529. The first-order chi connectivity index (χ1) is 12.0. The first-order valence-electron chi connectivity index (χ1n) is 8.20. The number of rotatable bonds is 10. The second-order valence-corrected chi connectivity index (χ2v) is 7.39. The molecule has 0 radical (unpaired) electrons. The third-order valence-electron chi connectivity index (χ3n) is 4.11. The number of aliphatic hydroxyl groups excluding tert-OH is 1. The number of benzene rings is 1. The fourth-order valence-corrected chi connectivity index (χ4v) is 3.82. The molecule has 0 aliphatic carbocycles. The number of aliphatic hydroxyl groups is 2. The van der Waals surface area contributed by atoms with Gasteiger partial charge in [-0.05, 0) is 24.7 Å². The lowest BCUT2D eigenvalue weighted by molar-refractivity contribution is 0.0133. The molecule has 0 amide bonds. The molecule has 25 heavy (non-hydrogen) atoms. The Labute approximate surface area is 150 Å². The Hall–Kier alpha value is -1.51. The first-order valence-corrected chi connectivity index (χ1v) is 9.25. The quantitative estimate of drug-likeness (QED) is 0.629. The zero-order valence-corrected chi connectivity index (χ0v) is 14.9. The summed E-state index contributed by atoms with van der Waals surface area (Å²) in [7, 11) is 0. The van der Waals surface area contributed by atoms with E-state index < -0.39 is 17.2 Å². The van der Waals surface area contributed by atoms with E-state index in [-0.39, 0.29) is 24.0 Å². The van der Waals surface area contributed by atoms with Crippen LogP contribution in [0, 0.1) is 11.6 Å². The zero-order valence-electron chi connectivity index (χ0n) is 14.1. The Morgan fingerprint density at radius 2 is 2.08 bits per heavy atom. The molecule has 1 heterocycles. The van der Waals surface area contributed by atoms with Gasteiger partial charge in [0.15, 0.2) is 0 Å². The molecule has 2 N–H and O–H groups in total. The minimum Gasteiger partial charge on any atom is -0.396 e. The van der Waals surface area contributed by atoms with Crippen molar-refractivity contribution in [3.05, 3.63) is 48.1 Å². The number of hydrogen-bond donors (Lipinski definition) is 2. The summed E-state index contributed by atoms with van der Waals surface area (Å²) in [6.45, 7) is 1.99. The van der Waals surface area contributed by atoms with Gasteiger partial charge in [-0.3, -0.25) is 0 Å². The van der Waals surface area contributed by atoms with Crippen molar-refractivity contribution in [1.29, 1.82) is 0 Å². The van der Waals surface area contributed by atoms with E-state index in [1.807, 2.05) is 6.92 Å². The van der Waals surface area contributed by atoms with Crippen molar-refractivity contribution in [3.8, 4) is 0 Å². The highest BCUT2D eigenvalue weighted by Crippen LogP contribution is 2.36. The van der Waals surface area contributed by atoms with Crippen molar-refractivity contribution in [1.82, 2.24) is 14.8 Å². The molecular formula is C17H23F2N3O2S. The van der Waals surface area contributed by atoms with Crippen LogP contribution in [0.3, 0.4) is 0 Å². The van der Waals surface area contributed by atoms with Gasteiger partial charge in [0.25, 0.3) is 0 Å². The van der Waals surface area contributed by atoms with Gasteiger partial charge < -0.3 is 10.2 Å². The van der Waals surface area contributed by atoms with Crippen LogP contribution >= 0.6 is 11.8 Å². The molecule has 2 atom stereocenters. The largest absolute Gasteiger partial charge is 0.396 e. The Balaban J connectivity index is 2.19. The summed E-state index contributed by atoms with van der Waals surface area (Å²) in [5.41, 5.74) is -1.52. The van der Waals surface area contributed by atoms with E-state index in [1.54, 1.807) is 0 Å². The van der Waals surface area contributed by atoms with E-state index in [9.17, 15) is 13.9 Å². The van der Waals surface area contributed by atoms with Crippen LogP contribution in [-0.4, -0.2) is 42.6 Å². The summed E-state index contributed by atoms with van der Waals surface area (Å²) in [5.74, 6) is -0.701. The molecule has 0 bridgehead atoms. The molecule has 138 valence electrons. The maximum absolute atomic E-state index is 14.3. The Kier molecular flexibility index (Phi) is 7.34. The lowest BCUT2D eigenvalue weighted by Crippen LogP contribution is -2.41. The van der Waals surface area contributed by atoms with Gasteiger partial charge in [0.1, 0.15) is 29.9 Å². The summed E-state index contributed by atoms with van der Waals surface area (Å²) in [4.78, 5) is 3.85. The third kappa shape index (κ3) is 5.23. The van der Waals surface area contributed by atoms with Gasteiger partial charge in [0.05, 0.1) is 6.54 Å². The van der Waals surface area contributed by atoms with Crippen LogP contribution in [0.5, 0.6) is 0 Å². The monoisotopic (exact) mass is 371 g/mol. The van der Waals surface area contributed by atoms with Gasteiger partial charge in [0.2, 0.25) is 0 Å². The average molecular weight is 371 g/mol. The number of aromatic nitrogens is 3. The van der Waals surface area contributed by atoms with E-state index in [2.05, 4.69) is 10.1 Å². The zero-order chi connectivity index (χ0) is 18.3. The summed E-state index contributed by atoms with van der Waals surface area (Å²) >= 11 is 1.51. The number of nitrogens with zero attached hydrogens (tertiary/aromatic N) is 3. The van der Waals surface area contributed by atoms with Crippen LogP contribution in [0.25, 0.3) is 0 Å². The predicted octanol–water partition coefficient (Wildman–Crippen LogP) is 2.73. The molecule has 1 aromatic heterocycles. The maximum atomic E-state index is 14.3. The van der Waals surface area contributed by atoms with Crippen LogP contribution in [0.2, 0.25) is 0 Å². The van der Waals surface area contributed by atoms with E-state index in [0.29, 0.717) is 0 Å². The minimum absolute atomic E-state index is 0.0142. The molecule has 8 heteroatoms. The number of unbranched alkanes of at least 4 members (excludes halogenated alkanes) is 2. The Morgan fingerprint density at radius 1 is 1.28 bits per heavy atom. The van der Waals surface area contributed by atoms with Gasteiger partial charge in [0, 0.05) is 23.5 Å². The molecule has 0 saturated carbocycles. The first kappa shape index (κ1) is 19.8. The molecule has 0 aliphatic heterocycles. The normalized spacial score (nSPS) is 15.1. The van der Waals surface area contributed by atoms with E-state index in [0.717, 1.165) is 37.1 Å². The smallest absolute Gasteiger partial charge is 0.137 e. The highest BCUT2D eigenvalue weighted by atomic mass is 32.2. The molecule has 0 saturated heterocycles. The number of hydrogen-bond acceptors (Lipinski definition) is 5. The lowest BCUT2D eigenvalue weighted by atomic mass is 9.90. The van der Waals surface area contributed by atoms with Crippen LogP contribution < -0.4 is 0 Å². The molecule has 5 nitrogen and oxygen atoms in total. The molecule has 2 rings (SSSR count). The lowest BCUT2D eigenvalue weighted by Gasteiger charge is -2.34. The maximum Gasteiger partial charge on any atom is 0.137 e. The highest BCUT2D eigenvalue weighted by molar-refractivity contribution is 7.99. The van der Waals surface area contributed by atoms with Crippen LogP contribution in [-0.2, 0) is 12.1 Å². The topological polar surface area (TPSA) is 71.2 Å². The van der Waals surface area contributed by atoms with Crippen molar-refractivity contribution in [2.45, 2.75) is 43.6 Å². The van der Waals surface area contributed by atoms with Gasteiger partial charge in [-0.15, -0.1) is 0 Å². The second kappa shape index (κ2) is 9.26. The highest BCUT2D eigenvalue weighted by Gasteiger charge is 2.39. The van der Waals surface area contributed by atoms with Gasteiger partial charge in [-0.2, -0.15) is 16.9 Å². The third-order valence-corrected chi connectivity index (χ3v) is 5.52. The minimum atomic E-state index is -1.56. The Morgan fingerprint density at radius 3 is 2.72 bits per heavy atom. The summed E-state index contributed by atoms with van der Waals surface area (Å²) in [6.07, 6.45) is 5.31. The summed E-state index contributed by atoms with van der Waals surface area (Å²) in [6, 6.07) is 3.20. The van der Waals surface area contributed by atoms with Crippen LogP contribution in [0.4, 0.5) is 8.78 Å². The van der Waals surface area contributed by atoms with Crippen molar-refractivity contribution < 1.29 is 19.0 Å². The molecule has 0 aliphatic rings. The van der Waals surface area contributed by atoms with Crippen molar-refractivity contribution >= 4 is 11.8 Å². The number of thioether (sulfide) groups is 1. The molecule has 2 aromatic rings. The van der Waals surface area contributed by atoms with E-state index >= 15 is 0 Å². The van der Waals surface area contributed by atoms with Crippen molar-refractivity contribution in [3.63, 3.8) is 0 Å². The number of halogens is 2. The van der Waals surface area contributed by atoms with Crippen LogP contribution in [0.1, 0.15) is 31.7 Å².